The number of aliphatic carboxylic acids is 1. The van der Waals surface area contributed by atoms with Gasteiger partial charge in [-0.2, -0.15) is 0 Å². The van der Waals surface area contributed by atoms with E-state index in [-0.39, 0.29) is 6.04 Å². The van der Waals surface area contributed by atoms with Crippen LogP contribution in [-0.2, 0) is 4.79 Å². The third kappa shape index (κ3) is 5.49. The molecule has 0 spiro atoms. The van der Waals surface area contributed by atoms with Crippen LogP contribution in [0.1, 0.15) is 52.9 Å². The van der Waals surface area contributed by atoms with Gasteiger partial charge in [0.2, 0.25) is 0 Å². The van der Waals surface area contributed by atoms with Gasteiger partial charge >= 0.3 is 5.97 Å². The van der Waals surface area contributed by atoms with Crippen LogP contribution >= 0.6 is 0 Å². The molecule has 2 unspecified atom stereocenters. The molecule has 1 rings (SSSR count). The fourth-order valence-electron chi connectivity index (χ4n) is 2.77. The minimum absolute atomic E-state index is 0.345. The quantitative estimate of drug-likeness (QED) is 0.688. The average molecular weight is 270 g/mol. The largest absolute Gasteiger partial charge is 0.480 e. The summed E-state index contributed by atoms with van der Waals surface area (Å²) in [5.74, 6) is -0.707. The zero-order valence-electron chi connectivity index (χ0n) is 12.8. The molecule has 19 heavy (non-hydrogen) atoms. The standard InChI is InChI=1S/C15H30N2O2/c1-4-5-6-7-8-13(2)16-9-11-17(12-10-16)14(3)15(18)19/h13-14H,4-12H2,1-3H3,(H,18,19). The van der Waals surface area contributed by atoms with Gasteiger partial charge in [0.05, 0.1) is 0 Å². The van der Waals surface area contributed by atoms with Gasteiger partial charge in [0.1, 0.15) is 6.04 Å². The molecule has 4 heteroatoms. The second kappa shape index (κ2) is 8.54. The Hall–Kier alpha value is -0.610. The predicted octanol–water partition coefficient (Wildman–Crippen LogP) is 2.44. The van der Waals surface area contributed by atoms with E-state index in [4.69, 9.17) is 5.11 Å². The van der Waals surface area contributed by atoms with Crippen LogP contribution < -0.4 is 0 Å². The first-order valence-corrected chi connectivity index (χ1v) is 7.77. The number of rotatable bonds is 8. The summed E-state index contributed by atoms with van der Waals surface area (Å²) in [6, 6.07) is 0.293. The Labute approximate surface area is 117 Å². The van der Waals surface area contributed by atoms with Crippen LogP contribution in [0.3, 0.4) is 0 Å². The van der Waals surface area contributed by atoms with Crippen LogP contribution in [0.2, 0.25) is 0 Å². The van der Waals surface area contributed by atoms with Gasteiger partial charge in [-0.15, -0.1) is 0 Å². The maximum Gasteiger partial charge on any atom is 0.320 e. The van der Waals surface area contributed by atoms with E-state index in [9.17, 15) is 4.79 Å². The van der Waals surface area contributed by atoms with Crippen LogP contribution in [0.4, 0.5) is 0 Å². The minimum atomic E-state index is -0.707. The molecule has 0 aromatic rings. The number of piperazine rings is 1. The van der Waals surface area contributed by atoms with E-state index in [0.29, 0.717) is 6.04 Å². The minimum Gasteiger partial charge on any atom is -0.480 e. The normalized spacial score (nSPS) is 21.2. The van der Waals surface area contributed by atoms with Gasteiger partial charge in [0.15, 0.2) is 0 Å². The number of carboxylic acid groups (broad SMARTS) is 1. The summed E-state index contributed by atoms with van der Waals surface area (Å²) in [5.41, 5.74) is 0. The number of hydrogen-bond acceptors (Lipinski definition) is 3. The first-order chi connectivity index (χ1) is 9.06. The molecule has 0 saturated carbocycles. The Morgan fingerprint density at radius 2 is 1.63 bits per heavy atom. The number of unbranched alkanes of at least 4 members (excludes halogenated alkanes) is 3. The van der Waals surface area contributed by atoms with Crippen LogP contribution in [-0.4, -0.2) is 59.1 Å². The van der Waals surface area contributed by atoms with Gasteiger partial charge in [-0.05, 0) is 20.3 Å². The lowest BCUT2D eigenvalue weighted by molar-refractivity contribution is -0.143. The topological polar surface area (TPSA) is 43.8 Å². The van der Waals surface area contributed by atoms with E-state index in [1.54, 1.807) is 6.92 Å². The van der Waals surface area contributed by atoms with Crippen molar-refractivity contribution in [2.24, 2.45) is 0 Å². The molecule has 1 saturated heterocycles. The molecule has 1 fully saturated rings. The van der Waals surface area contributed by atoms with Crippen molar-refractivity contribution in [3.8, 4) is 0 Å². The SMILES string of the molecule is CCCCCCC(C)N1CCN(C(C)C(=O)O)CC1. The maximum absolute atomic E-state index is 11.0. The van der Waals surface area contributed by atoms with Crippen LogP contribution in [0.5, 0.6) is 0 Å². The highest BCUT2D eigenvalue weighted by molar-refractivity contribution is 5.72. The van der Waals surface area contributed by atoms with Gasteiger partial charge in [-0.25, -0.2) is 0 Å². The van der Waals surface area contributed by atoms with E-state index >= 15 is 0 Å². The van der Waals surface area contributed by atoms with Gasteiger partial charge in [-0.3, -0.25) is 14.6 Å². The van der Waals surface area contributed by atoms with E-state index in [1.807, 2.05) is 0 Å². The fourth-order valence-corrected chi connectivity index (χ4v) is 2.77. The Bertz CT molecular complexity index is 263. The molecule has 4 nitrogen and oxygen atoms in total. The van der Waals surface area contributed by atoms with Crippen molar-refractivity contribution < 1.29 is 9.90 Å². The molecule has 2 atom stereocenters. The van der Waals surface area contributed by atoms with Crippen LogP contribution in [0, 0.1) is 0 Å². The van der Waals surface area contributed by atoms with Crippen molar-refractivity contribution in [3.05, 3.63) is 0 Å². The summed E-state index contributed by atoms with van der Waals surface area (Å²) in [4.78, 5) is 15.5. The zero-order chi connectivity index (χ0) is 14.3. The number of nitrogens with zero attached hydrogens (tertiary/aromatic N) is 2. The van der Waals surface area contributed by atoms with Crippen molar-refractivity contribution >= 4 is 5.97 Å². The molecule has 0 bridgehead atoms. The molecule has 0 amide bonds. The Morgan fingerprint density at radius 3 is 2.16 bits per heavy atom. The fraction of sp³-hybridized carbons (Fsp3) is 0.933. The lowest BCUT2D eigenvalue weighted by Gasteiger charge is -2.39. The highest BCUT2D eigenvalue weighted by Crippen LogP contribution is 2.14. The van der Waals surface area contributed by atoms with E-state index in [1.165, 1.54) is 32.1 Å². The smallest absolute Gasteiger partial charge is 0.320 e. The summed E-state index contributed by atoms with van der Waals surface area (Å²) in [5, 5.41) is 9.02. The summed E-state index contributed by atoms with van der Waals surface area (Å²) >= 11 is 0. The van der Waals surface area contributed by atoms with Gasteiger partial charge in [0.25, 0.3) is 0 Å². The second-order valence-electron chi connectivity index (χ2n) is 5.78. The third-order valence-corrected chi connectivity index (χ3v) is 4.35. The number of carbonyl (C=O) groups is 1. The Morgan fingerprint density at radius 1 is 1.05 bits per heavy atom. The lowest BCUT2D eigenvalue weighted by atomic mass is 10.1. The summed E-state index contributed by atoms with van der Waals surface area (Å²) in [6.07, 6.45) is 6.57. The second-order valence-corrected chi connectivity index (χ2v) is 5.78. The molecule has 1 heterocycles. The van der Waals surface area contributed by atoms with Crippen LogP contribution in [0.25, 0.3) is 0 Å². The van der Waals surface area contributed by atoms with E-state index in [2.05, 4.69) is 23.6 Å². The van der Waals surface area contributed by atoms with Crippen molar-refractivity contribution in [2.75, 3.05) is 26.2 Å². The summed E-state index contributed by atoms with van der Waals surface area (Å²) in [6.45, 7) is 10.1. The number of carboxylic acids is 1. The number of hydrogen-bond donors (Lipinski definition) is 1. The zero-order valence-corrected chi connectivity index (χ0v) is 12.8. The third-order valence-electron chi connectivity index (χ3n) is 4.35. The molecule has 1 aliphatic heterocycles. The predicted molar refractivity (Wildman–Crippen MR) is 78.5 cm³/mol. The highest BCUT2D eigenvalue weighted by Gasteiger charge is 2.26. The molecule has 0 aromatic heterocycles. The molecule has 0 aliphatic carbocycles. The first-order valence-electron chi connectivity index (χ1n) is 7.77. The molecule has 112 valence electrons. The van der Waals surface area contributed by atoms with E-state index in [0.717, 1.165) is 26.2 Å². The molecular weight excluding hydrogens is 240 g/mol. The van der Waals surface area contributed by atoms with E-state index < -0.39 is 5.97 Å². The van der Waals surface area contributed by atoms with Crippen molar-refractivity contribution in [3.63, 3.8) is 0 Å². The molecule has 1 N–H and O–H groups in total. The summed E-state index contributed by atoms with van der Waals surface area (Å²) in [7, 11) is 0. The van der Waals surface area contributed by atoms with Crippen LogP contribution in [0.15, 0.2) is 0 Å². The first kappa shape index (κ1) is 16.4. The van der Waals surface area contributed by atoms with Crippen molar-refractivity contribution in [1.82, 2.24) is 9.80 Å². The maximum atomic E-state index is 11.0. The Balaban J connectivity index is 2.23. The molecule has 0 aromatic carbocycles. The Kier molecular flexibility index (Phi) is 7.39. The van der Waals surface area contributed by atoms with Gasteiger partial charge in [0, 0.05) is 32.2 Å². The lowest BCUT2D eigenvalue weighted by Crippen LogP contribution is -2.53. The van der Waals surface area contributed by atoms with Gasteiger partial charge in [-0.1, -0.05) is 32.6 Å². The molecule has 1 aliphatic rings. The monoisotopic (exact) mass is 270 g/mol. The van der Waals surface area contributed by atoms with Crippen molar-refractivity contribution in [1.29, 1.82) is 0 Å². The summed E-state index contributed by atoms with van der Waals surface area (Å²) < 4.78 is 0. The van der Waals surface area contributed by atoms with Gasteiger partial charge < -0.3 is 5.11 Å². The molecule has 0 radical (unpaired) electrons. The average Bonchev–Trinajstić information content (AvgIpc) is 2.42. The molecular formula is C15H30N2O2. The highest BCUT2D eigenvalue weighted by atomic mass is 16.4. The van der Waals surface area contributed by atoms with Crippen molar-refractivity contribution in [2.45, 2.75) is 65.0 Å².